The van der Waals surface area contributed by atoms with Crippen molar-refractivity contribution in [1.82, 2.24) is 20.1 Å². The predicted octanol–water partition coefficient (Wildman–Crippen LogP) is 2.99. The van der Waals surface area contributed by atoms with Gasteiger partial charge in [0.25, 0.3) is 11.5 Å². The Morgan fingerprint density at radius 2 is 1.79 bits per heavy atom. The molecule has 182 valence electrons. The topological polar surface area (TPSA) is 83.4 Å². The third-order valence-corrected chi connectivity index (χ3v) is 7.17. The Balaban J connectivity index is 1.17. The zero-order valence-corrected chi connectivity index (χ0v) is 20.4. The molecule has 0 unspecified atom stereocenters. The van der Waals surface area contributed by atoms with Gasteiger partial charge in [0.1, 0.15) is 0 Å². The van der Waals surface area contributed by atoms with E-state index >= 15 is 0 Å². The number of hydrogen-bond acceptors (Lipinski definition) is 4. The molecule has 34 heavy (non-hydrogen) atoms. The van der Waals surface area contributed by atoms with E-state index in [-0.39, 0.29) is 36.0 Å². The largest absolute Gasteiger partial charge is 0.349 e. The lowest BCUT2D eigenvalue weighted by atomic mass is 9.80. The van der Waals surface area contributed by atoms with Crippen LogP contribution in [0.25, 0.3) is 0 Å². The van der Waals surface area contributed by atoms with Crippen molar-refractivity contribution >= 4 is 11.8 Å². The summed E-state index contributed by atoms with van der Waals surface area (Å²) < 4.78 is 1.83. The van der Waals surface area contributed by atoms with E-state index in [0.717, 1.165) is 44.3 Å². The lowest BCUT2D eigenvalue weighted by Gasteiger charge is -2.46. The number of hydrogen-bond donors (Lipinski definition) is 2. The molecule has 4 rings (SSSR count). The second kappa shape index (κ2) is 10.6. The van der Waals surface area contributed by atoms with E-state index in [1.807, 2.05) is 55.8 Å². The summed E-state index contributed by atoms with van der Waals surface area (Å²) in [5.74, 6) is 0.139. The van der Waals surface area contributed by atoms with E-state index in [4.69, 9.17) is 0 Å². The summed E-state index contributed by atoms with van der Waals surface area (Å²) in [6, 6.07) is 11.9. The number of pyridine rings is 1. The van der Waals surface area contributed by atoms with Crippen molar-refractivity contribution < 1.29 is 9.59 Å². The molecular formula is C27H36N4O3. The first-order valence-corrected chi connectivity index (χ1v) is 12.4. The molecule has 0 bridgehead atoms. The van der Waals surface area contributed by atoms with Crippen molar-refractivity contribution in [2.24, 2.45) is 0 Å². The highest BCUT2D eigenvalue weighted by Crippen LogP contribution is 2.35. The monoisotopic (exact) mass is 464 g/mol. The molecule has 2 heterocycles. The van der Waals surface area contributed by atoms with Crippen LogP contribution in [0.3, 0.4) is 0 Å². The van der Waals surface area contributed by atoms with Gasteiger partial charge in [-0.05, 0) is 70.1 Å². The van der Waals surface area contributed by atoms with Gasteiger partial charge in [-0.15, -0.1) is 0 Å². The van der Waals surface area contributed by atoms with Gasteiger partial charge in [-0.25, -0.2) is 0 Å². The molecular weight excluding hydrogens is 428 g/mol. The normalized spacial score (nSPS) is 21.2. The second-order valence-electron chi connectivity index (χ2n) is 10.1. The smallest absolute Gasteiger partial charge is 0.251 e. The average Bonchev–Trinajstić information content (AvgIpc) is 2.80. The highest BCUT2D eigenvalue weighted by molar-refractivity contribution is 5.96. The maximum Gasteiger partial charge on any atom is 0.251 e. The van der Waals surface area contributed by atoms with Crippen molar-refractivity contribution in [1.29, 1.82) is 0 Å². The van der Waals surface area contributed by atoms with Crippen LogP contribution in [0.4, 0.5) is 0 Å². The van der Waals surface area contributed by atoms with Crippen LogP contribution in [-0.4, -0.2) is 53.0 Å². The minimum Gasteiger partial charge on any atom is -0.349 e. The van der Waals surface area contributed by atoms with Crippen molar-refractivity contribution in [3.8, 4) is 0 Å². The van der Waals surface area contributed by atoms with Crippen LogP contribution >= 0.6 is 0 Å². The summed E-state index contributed by atoms with van der Waals surface area (Å²) in [7, 11) is 0. The molecule has 1 aromatic heterocycles. The van der Waals surface area contributed by atoms with Gasteiger partial charge in [0.2, 0.25) is 5.91 Å². The molecule has 2 fully saturated rings. The maximum absolute atomic E-state index is 12.3. The number of carbonyl (C=O) groups excluding carboxylic acids is 2. The van der Waals surface area contributed by atoms with Crippen LogP contribution in [0.1, 0.15) is 73.0 Å². The van der Waals surface area contributed by atoms with Crippen LogP contribution in [0.2, 0.25) is 0 Å². The number of amides is 2. The number of nitrogens with one attached hydrogen (secondary N) is 2. The molecule has 2 amide bonds. The van der Waals surface area contributed by atoms with Gasteiger partial charge >= 0.3 is 0 Å². The molecule has 1 aliphatic carbocycles. The average molecular weight is 465 g/mol. The van der Waals surface area contributed by atoms with Crippen molar-refractivity contribution in [2.45, 2.75) is 70.5 Å². The van der Waals surface area contributed by atoms with Crippen LogP contribution in [-0.2, 0) is 4.79 Å². The molecule has 7 heteroatoms. The lowest BCUT2D eigenvalue weighted by molar-refractivity contribution is -0.122. The fourth-order valence-electron chi connectivity index (χ4n) is 5.17. The van der Waals surface area contributed by atoms with Gasteiger partial charge in [-0.1, -0.05) is 23.8 Å². The summed E-state index contributed by atoms with van der Waals surface area (Å²) in [6.07, 6.45) is 6.57. The Morgan fingerprint density at radius 1 is 1.06 bits per heavy atom. The number of carbonyl (C=O) groups is 2. The molecule has 1 saturated carbocycles. The summed E-state index contributed by atoms with van der Waals surface area (Å²) in [6.45, 7) is 7.74. The first kappa shape index (κ1) is 24.2. The molecule has 2 aromatic rings. The van der Waals surface area contributed by atoms with Gasteiger partial charge in [-0.2, -0.15) is 0 Å². The highest BCUT2D eigenvalue weighted by atomic mass is 16.2. The SMILES string of the molecule is Cc1cccc(C(=O)NCC(=O)NC2CN([C@H]3CC[C@@H](c4ccc(=O)n(C(C)C)c4)CC3)C2)c1. The van der Waals surface area contributed by atoms with E-state index in [1.54, 1.807) is 12.1 Å². The molecule has 0 spiro atoms. The molecule has 7 nitrogen and oxygen atoms in total. The lowest BCUT2D eigenvalue weighted by Crippen LogP contribution is -2.63. The van der Waals surface area contributed by atoms with Crippen molar-refractivity contribution in [2.75, 3.05) is 19.6 Å². The molecule has 2 aliphatic rings. The number of nitrogens with zero attached hydrogens (tertiary/aromatic N) is 2. The Kier molecular flexibility index (Phi) is 7.51. The van der Waals surface area contributed by atoms with E-state index in [1.165, 1.54) is 5.56 Å². The highest BCUT2D eigenvalue weighted by Gasteiger charge is 2.35. The van der Waals surface area contributed by atoms with Gasteiger partial charge in [0.15, 0.2) is 0 Å². The number of aryl methyl sites for hydroxylation is 1. The zero-order valence-electron chi connectivity index (χ0n) is 20.4. The van der Waals surface area contributed by atoms with E-state index in [0.29, 0.717) is 17.5 Å². The number of benzene rings is 1. The van der Waals surface area contributed by atoms with Gasteiger partial charge in [0.05, 0.1) is 12.6 Å². The second-order valence-corrected chi connectivity index (χ2v) is 10.1. The van der Waals surface area contributed by atoms with E-state index < -0.39 is 0 Å². The first-order valence-electron chi connectivity index (χ1n) is 12.4. The standard InChI is InChI=1S/C27H36N4O3/c1-18(2)31-15-22(9-12-26(31)33)20-7-10-24(11-8-20)30-16-23(17-30)29-25(32)14-28-27(34)21-6-4-5-19(3)13-21/h4-6,9,12-13,15,18,20,23-24H,7-8,10-11,14,16-17H2,1-3H3,(H,28,34)(H,29,32)/t20-,24+. The third-order valence-electron chi connectivity index (χ3n) is 7.17. The predicted molar refractivity (Wildman–Crippen MR) is 133 cm³/mol. The maximum atomic E-state index is 12.3. The Labute approximate surface area is 201 Å². The fourth-order valence-corrected chi connectivity index (χ4v) is 5.17. The Morgan fingerprint density at radius 3 is 2.47 bits per heavy atom. The molecule has 1 saturated heterocycles. The summed E-state index contributed by atoms with van der Waals surface area (Å²) in [5, 5.41) is 5.74. The van der Waals surface area contributed by atoms with Gasteiger partial charge in [0, 0.05) is 43.0 Å². The molecule has 0 radical (unpaired) electrons. The minimum absolute atomic E-state index is 0.00703. The number of rotatable bonds is 7. The third kappa shape index (κ3) is 5.76. The molecule has 0 atom stereocenters. The van der Waals surface area contributed by atoms with Gasteiger partial charge in [-0.3, -0.25) is 19.3 Å². The summed E-state index contributed by atoms with van der Waals surface area (Å²) >= 11 is 0. The number of likely N-dealkylation sites (tertiary alicyclic amines) is 1. The Bertz CT molecular complexity index is 1080. The first-order chi connectivity index (χ1) is 16.3. The molecule has 1 aromatic carbocycles. The van der Waals surface area contributed by atoms with Crippen molar-refractivity contribution in [3.63, 3.8) is 0 Å². The summed E-state index contributed by atoms with van der Waals surface area (Å²) in [5.41, 5.74) is 2.92. The molecule has 2 N–H and O–H groups in total. The summed E-state index contributed by atoms with van der Waals surface area (Å²) in [4.78, 5) is 39.0. The van der Waals surface area contributed by atoms with Crippen LogP contribution < -0.4 is 16.2 Å². The molecule has 1 aliphatic heterocycles. The van der Waals surface area contributed by atoms with Crippen LogP contribution in [0.5, 0.6) is 0 Å². The Hall–Kier alpha value is -2.93. The fraction of sp³-hybridized carbons (Fsp3) is 0.519. The van der Waals surface area contributed by atoms with Crippen molar-refractivity contribution in [3.05, 3.63) is 69.6 Å². The quantitative estimate of drug-likeness (QED) is 0.660. The minimum atomic E-state index is -0.227. The van der Waals surface area contributed by atoms with Crippen LogP contribution in [0.15, 0.2) is 47.4 Å². The van der Waals surface area contributed by atoms with E-state index in [9.17, 15) is 14.4 Å². The van der Waals surface area contributed by atoms with Gasteiger partial charge < -0.3 is 15.2 Å². The van der Waals surface area contributed by atoms with E-state index in [2.05, 4.69) is 15.5 Å². The number of aromatic nitrogens is 1. The zero-order chi connectivity index (χ0) is 24.2. The van der Waals surface area contributed by atoms with Crippen LogP contribution in [0, 0.1) is 6.92 Å².